The van der Waals surface area contributed by atoms with Gasteiger partial charge in [0.2, 0.25) is 11.8 Å². The molecule has 2 unspecified atom stereocenters. The van der Waals surface area contributed by atoms with Crippen molar-refractivity contribution in [1.82, 2.24) is 16.2 Å². The molecule has 8 nitrogen and oxygen atoms in total. The smallest absolute Gasteiger partial charge is 0.241 e. The van der Waals surface area contributed by atoms with Gasteiger partial charge in [-0.2, -0.15) is 0 Å². The molecule has 2 aliphatic rings. The number of aliphatic imine (C=N–C) groups is 1. The highest BCUT2D eigenvalue weighted by atomic mass is 35.5. The van der Waals surface area contributed by atoms with Crippen LogP contribution in [0.25, 0.3) is 0 Å². The first-order valence-electron chi connectivity index (χ1n) is 10.4. The molecule has 3 N–H and O–H groups in total. The van der Waals surface area contributed by atoms with E-state index in [0.29, 0.717) is 35.3 Å². The van der Waals surface area contributed by atoms with Gasteiger partial charge in [-0.15, -0.1) is 0 Å². The number of nitrogens with one attached hydrogen (secondary N) is 3. The van der Waals surface area contributed by atoms with Crippen LogP contribution in [0, 0.1) is 11.7 Å². The topological polar surface area (TPSA) is 95.1 Å². The number of carbonyl (C=O) groups excluding carboxylic acids is 2. The minimum atomic E-state index is -0.509. The van der Waals surface area contributed by atoms with Crippen LogP contribution in [0.1, 0.15) is 12.5 Å². The maximum absolute atomic E-state index is 13.3. The average molecular weight is 492 g/mol. The van der Waals surface area contributed by atoms with Gasteiger partial charge in [-0.25, -0.2) is 14.8 Å². The molecule has 2 aromatic rings. The van der Waals surface area contributed by atoms with E-state index in [1.165, 1.54) is 23.9 Å². The van der Waals surface area contributed by atoms with Gasteiger partial charge in [0.1, 0.15) is 17.7 Å². The fourth-order valence-electron chi connectivity index (χ4n) is 3.50. The molecule has 11 heteroatoms. The number of hydrogen-bond acceptors (Lipinski definition) is 7. The summed E-state index contributed by atoms with van der Waals surface area (Å²) in [6.45, 7) is 3.13. The van der Waals surface area contributed by atoms with Crippen LogP contribution in [-0.4, -0.2) is 42.1 Å². The number of anilines is 1. The van der Waals surface area contributed by atoms with Gasteiger partial charge < -0.3 is 10.1 Å². The Labute approximate surface area is 199 Å². The van der Waals surface area contributed by atoms with E-state index in [1.807, 2.05) is 6.92 Å². The molecule has 4 rings (SSSR count). The van der Waals surface area contributed by atoms with Crippen molar-refractivity contribution in [2.24, 2.45) is 10.9 Å². The first-order chi connectivity index (χ1) is 16.0. The molecule has 0 bridgehead atoms. The standard InChI is InChI=1S/C22H23ClFN5O3S/c1-2-32-15-6-4-14(5-7-15)29-21(31)16-11-26-28-20(16)27-22(29)33-12-19(30)25-10-13-3-8-18(24)17(23)9-13/h3-9,16,20,26,28H,2,10-12H2,1H3,(H,25,30). The van der Waals surface area contributed by atoms with Gasteiger partial charge in [0.15, 0.2) is 5.17 Å². The van der Waals surface area contributed by atoms with E-state index >= 15 is 0 Å². The van der Waals surface area contributed by atoms with Gasteiger partial charge in [-0.1, -0.05) is 29.4 Å². The zero-order chi connectivity index (χ0) is 23.4. The predicted molar refractivity (Wildman–Crippen MR) is 127 cm³/mol. The highest BCUT2D eigenvalue weighted by molar-refractivity contribution is 8.14. The van der Waals surface area contributed by atoms with Crippen LogP contribution in [-0.2, 0) is 16.1 Å². The molecular weight excluding hydrogens is 469 g/mol. The minimum absolute atomic E-state index is 0.00409. The Morgan fingerprint density at radius 2 is 2.12 bits per heavy atom. The van der Waals surface area contributed by atoms with Crippen LogP contribution in [0.3, 0.4) is 0 Å². The molecule has 2 heterocycles. The Morgan fingerprint density at radius 1 is 1.33 bits per heavy atom. The van der Waals surface area contributed by atoms with Crippen molar-refractivity contribution in [3.8, 4) is 5.75 Å². The van der Waals surface area contributed by atoms with Crippen LogP contribution < -0.4 is 25.8 Å². The quantitative estimate of drug-likeness (QED) is 0.551. The largest absolute Gasteiger partial charge is 0.494 e. The third-order valence-corrected chi connectivity index (χ3v) is 6.39. The number of thioether (sulfide) groups is 1. The van der Waals surface area contributed by atoms with Crippen LogP contribution >= 0.6 is 23.4 Å². The molecular formula is C22H23ClFN5O3S. The van der Waals surface area contributed by atoms with Crippen molar-refractivity contribution in [3.63, 3.8) is 0 Å². The van der Waals surface area contributed by atoms with E-state index in [4.69, 9.17) is 16.3 Å². The van der Waals surface area contributed by atoms with Gasteiger partial charge >= 0.3 is 0 Å². The molecule has 0 spiro atoms. The predicted octanol–water partition coefficient (Wildman–Crippen LogP) is 2.68. The van der Waals surface area contributed by atoms with Crippen molar-refractivity contribution in [1.29, 1.82) is 0 Å². The number of amides is 2. The second-order valence-corrected chi connectivity index (χ2v) is 8.75. The number of carbonyl (C=O) groups is 2. The van der Waals surface area contributed by atoms with Gasteiger partial charge in [0.25, 0.3) is 0 Å². The van der Waals surface area contributed by atoms with E-state index in [2.05, 4.69) is 21.2 Å². The monoisotopic (exact) mass is 491 g/mol. The maximum atomic E-state index is 13.3. The average Bonchev–Trinajstić information content (AvgIpc) is 3.28. The summed E-state index contributed by atoms with van der Waals surface area (Å²) >= 11 is 6.96. The molecule has 2 aromatic carbocycles. The summed E-state index contributed by atoms with van der Waals surface area (Å²) in [4.78, 5) is 31.9. The van der Waals surface area contributed by atoms with Gasteiger partial charge in [0, 0.05) is 13.1 Å². The lowest BCUT2D eigenvalue weighted by Crippen LogP contribution is -2.49. The van der Waals surface area contributed by atoms with E-state index in [9.17, 15) is 14.0 Å². The van der Waals surface area contributed by atoms with E-state index in [1.54, 1.807) is 35.2 Å². The summed E-state index contributed by atoms with van der Waals surface area (Å²) < 4.78 is 18.8. The van der Waals surface area contributed by atoms with E-state index < -0.39 is 5.82 Å². The summed E-state index contributed by atoms with van der Waals surface area (Å²) in [5.74, 6) is -0.427. The lowest BCUT2D eigenvalue weighted by Gasteiger charge is -2.32. The number of rotatable bonds is 7. The molecule has 1 saturated heterocycles. The zero-order valence-electron chi connectivity index (χ0n) is 17.8. The van der Waals surface area contributed by atoms with E-state index in [0.717, 1.165) is 0 Å². The van der Waals surface area contributed by atoms with E-state index in [-0.39, 0.29) is 41.2 Å². The summed E-state index contributed by atoms with van der Waals surface area (Å²) in [7, 11) is 0. The summed E-state index contributed by atoms with van der Waals surface area (Å²) in [5.41, 5.74) is 7.31. The normalized spacial score (nSPS) is 19.8. The van der Waals surface area contributed by atoms with Crippen LogP contribution in [0.5, 0.6) is 5.75 Å². The molecule has 0 radical (unpaired) electrons. The zero-order valence-corrected chi connectivity index (χ0v) is 19.4. The van der Waals surface area contributed by atoms with Crippen molar-refractivity contribution >= 4 is 46.0 Å². The second-order valence-electron chi connectivity index (χ2n) is 7.40. The minimum Gasteiger partial charge on any atom is -0.494 e. The number of ether oxygens (including phenoxy) is 1. The Hall–Kier alpha value is -2.66. The van der Waals surface area contributed by atoms with Gasteiger partial charge in [-0.3, -0.25) is 19.9 Å². The van der Waals surface area contributed by atoms with Crippen molar-refractivity contribution in [2.45, 2.75) is 19.6 Å². The summed E-state index contributed by atoms with van der Waals surface area (Å²) in [5, 5.41) is 3.21. The van der Waals surface area contributed by atoms with Crippen LogP contribution in [0.15, 0.2) is 47.5 Å². The SMILES string of the molecule is CCOc1ccc(N2C(=O)C3CNNC3N=C2SCC(=O)NCc2ccc(F)c(Cl)c2)cc1. The van der Waals surface area contributed by atoms with Crippen molar-refractivity contribution < 1.29 is 18.7 Å². The number of amidine groups is 1. The van der Waals surface area contributed by atoms with Gasteiger partial charge in [-0.05, 0) is 48.9 Å². The molecule has 1 fully saturated rings. The molecule has 0 aromatic heterocycles. The summed E-state index contributed by atoms with van der Waals surface area (Å²) in [6.07, 6.45) is -0.386. The van der Waals surface area contributed by atoms with Crippen molar-refractivity contribution in [3.05, 3.63) is 58.9 Å². The molecule has 2 amide bonds. The van der Waals surface area contributed by atoms with Crippen molar-refractivity contribution in [2.75, 3.05) is 23.8 Å². The number of nitrogens with zero attached hydrogens (tertiary/aromatic N) is 2. The number of fused-ring (bicyclic) bond motifs is 1. The molecule has 2 aliphatic heterocycles. The molecule has 174 valence electrons. The fourth-order valence-corrected chi connectivity index (χ4v) is 4.57. The first-order valence-corrected chi connectivity index (χ1v) is 11.8. The molecule has 2 atom stereocenters. The third-order valence-electron chi connectivity index (χ3n) is 5.14. The van der Waals surface area contributed by atoms with Gasteiger partial charge in [0.05, 0.1) is 29.0 Å². The maximum Gasteiger partial charge on any atom is 0.241 e. The molecule has 0 aliphatic carbocycles. The Balaban J connectivity index is 1.44. The number of halogens is 2. The number of hydrogen-bond donors (Lipinski definition) is 3. The Kier molecular flexibility index (Phi) is 7.49. The van der Waals surface area contributed by atoms with Crippen LogP contribution in [0.2, 0.25) is 5.02 Å². The number of benzene rings is 2. The molecule has 0 saturated carbocycles. The highest BCUT2D eigenvalue weighted by Gasteiger charge is 2.42. The number of hydrazine groups is 1. The fraction of sp³-hybridized carbons (Fsp3) is 0.318. The Bertz CT molecular complexity index is 1070. The van der Waals surface area contributed by atoms with Crippen LogP contribution in [0.4, 0.5) is 10.1 Å². The lowest BCUT2D eigenvalue weighted by atomic mass is 10.0. The Morgan fingerprint density at radius 3 is 2.85 bits per heavy atom. The highest BCUT2D eigenvalue weighted by Crippen LogP contribution is 2.30. The first kappa shape index (κ1) is 23.5. The second kappa shape index (κ2) is 10.5. The molecule has 33 heavy (non-hydrogen) atoms. The summed E-state index contributed by atoms with van der Waals surface area (Å²) in [6, 6.07) is 11.5. The third kappa shape index (κ3) is 5.47. The lowest BCUT2D eigenvalue weighted by molar-refractivity contribution is -0.121.